The van der Waals surface area contributed by atoms with Crippen LogP contribution < -0.4 is 0 Å². The Balaban J connectivity index is 2.40. The van der Waals surface area contributed by atoms with Gasteiger partial charge in [-0.2, -0.15) is 0 Å². The lowest BCUT2D eigenvalue weighted by Gasteiger charge is -2.12. The van der Waals surface area contributed by atoms with Crippen LogP contribution in [0.25, 0.3) is 0 Å². The molecule has 19 heavy (non-hydrogen) atoms. The summed E-state index contributed by atoms with van der Waals surface area (Å²) in [7, 11) is 0. The van der Waals surface area contributed by atoms with Gasteiger partial charge in [-0.15, -0.1) is 0 Å². The van der Waals surface area contributed by atoms with E-state index in [-0.39, 0.29) is 5.56 Å². The standard InChI is InChI=1S/C14H15FN2OS/c1-8-7-9(2)17-14(16-8)19-12-6-4-5-11(15)13(12)10(3)18/h4-7,10,18H,1-3H3. The fourth-order valence-electron chi connectivity index (χ4n) is 1.85. The first kappa shape index (κ1) is 14.0. The molecular formula is C14H15FN2OS. The Bertz CT molecular complexity index is 582. The number of nitrogens with zero attached hydrogens (tertiary/aromatic N) is 2. The van der Waals surface area contributed by atoms with Crippen molar-refractivity contribution in [1.29, 1.82) is 0 Å². The molecule has 3 nitrogen and oxygen atoms in total. The number of benzene rings is 1. The van der Waals surface area contributed by atoms with Crippen LogP contribution in [0.2, 0.25) is 0 Å². The molecule has 1 aromatic carbocycles. The zero-order valence-electron chi connectivity index (χ0n) is 11.0. The Morgan fingerprint density at radius 2 is 1.84 bits per heavy atom. The third-order valence-corrected chi connectivity index (χ3v) is 3.53. The van der Waals surface area contributed by atoms with Gasteiger partial charge in [0, 0.05) is 21.8 Å². The van der Waals surface area contributed by atoms with Gasteiger partial charge in [0.2, 0.25) is 0 Å². The minimum absolute atomic E-state index is 0.287. The summed E-state index contributed by atoms with van der Waals surface area (Å²) in [6, 6.07) is 6.60. The second kappa shape index (κ2) is 5.67. The Kier molecular flexibility index (Phi) is 4.17. The normalized spacial score (nSPS) is 12.5. The molecule has 1 aromatic heterocycles. The van der Waals surface area contributed by atoms with Crippen LogP contribution in [-0.4, -0.2) is 15.1 Å². The van der Waals surface area contributed by atoms with Crippen molar-refractivity contribution < 1.29 is 9.50 Å². The molecule has 2 rings (SSSR count). The van der Waals surface area contributed by atoms with Gasteiger partial charge >= 0.3 is 0 Å². The number of halogens is 1. The average Bonchev–Trinajstić information content (AvgIpc) is 2.26. The molecule has 0 aliphatic heterocycles. The van der Waals surface area contributed by atoms with E-state index in [1.165, 1.54) is 17.8 Å². The van der Waals surface area contributed by atoms with Gasteiger partial charge in [-0.1, -0.05) is 6.07 Å². The van der Waals surface area contributed by atoms with Gasteiger partial charge in [0.05, 0.1) is 6.10 Å². The Morgan fingerprint density at radius 3 is 2.42 bits per heavy atom. The number of aliphatic hydroxyl groups is 1. The summed E-state index contributed by atoms with van der Waals surface area (Å²) < 4.78 is 13.7. The van der Waals surface area contributed by atoms with Gasteiger partial charge in [-0.25, -0.2) is 14.4 Å². The van der Waals surface area contributed by atoms with E-state index in [4.69, 9.17) is 0 Å². The van der Waals surface area contributed by atoms with E-state index in [2.05, 4.69) is 9.97 Å². The van der Waals surface area contributed by atoms with Crippen LogP contribution in [0.15, 0.2) is 34.3 Å². The van der Waals surface area contributed by atoms with Crippen molar-refractivity contribution in [3.8, 4) is 0 Å². The summed E-state index contributed by atoms with van der Waals surface area (Å²) in [5, 5.41) is 10.2. The first-order valence-corrected chi connectivity index (χ1v) is 6.75. The van der Waals surface area contributed by atoms with Crippen molar-refractivity contribution in [1.82, 2.24) is 9.97 Å². The third-order valence-electron chi connectivity index (χ3n) is 2.59. The van der Waals surface area contributed by atoms with E-state index < -0.39 is 11.9 Å². The fourth-order valence-corrected chi connectivity index (χ4v) is 2.95. The minimum atomic E-state index is -0.866. The highest BCUT2D eigenvalue weighted by Gasteiger charge is 2.15. The minimum Gasteiger partial charge on any atom is -0.389 e. The molecule has 1 N–H and O–H groups in total. The van der Waals surface area contributed by atoms with Gasteiger partial charge in [0.15, 0.2) is 5.16 Å². The highest BCUT2D eigenvalue weighted by molar-refractivity contribution is 7.99. The van der Waals surface area contributed by atoms with Crippen LogP contribution in [-0.2, 0) is 0 Å². The highest BCUT2D eigenvalue weighted by atomic mass is 32.2. The van der Waals surface area contributed by atoms with E-state index in [0.717, 1.165) is 11.4 Å². The number of aryl methyl sites for hydroxylation is 2. The number of hydrogen-bond donors (Lipinski definition) is 1. The summed E-state index contributed by atoms with van der Waals surface area (Å²) in [5.74, 6) is -0.413. The fraction of sp³-hybridized carbons (Fsp3) is 0.286. The molecular weight excluding hydrogens is 263 g/mol. The van der Waals surface area contributed by atoms with Gasteiger partial charge < -0.3 is 5.11 Å². The first-order valence-electron chi connectivity index (χ1n) is 5.94. The van der Waals surface area contributed by atoms with Gasteiger partial charge in [0.1, 0.15) is 5.82 Å². The van der Waals surface area contributed by atoms with Crippen molar-refractivity contribution in [2.24, 2.45) is 0 Å². The molecule has 0 radical (unpaired) electrons. The van der Waals surface area contributed by atoms with Crippen LogP contribution in [0.5, 0.6) is 0 Å². The maximum Gasteiger partial charge on any atom is 0.192 e. The number of hydrogen-bond acceptors (Lipinski definition) is 4. The van der Waals surface area contributed by atoms with E-state index in [1.54, 1.807) is 19.1 Å². The lowest BCUT2D eigenvalue weighted by molar-refractivity contribution is 0.191. The molecule has 1 heterocycles. The quantitative estimate of drug-likeness (QED) is 0.874. The highest BCUT2D eigenvalue weighted by Crippen LogP contribution is 2.33. The zero-order valence-corrected chi connectivity index (χ0v) is 11.8. The second-order valence-electron chi connectivity index (χ2n) is 4.36. The maximum atomic E-state index is 13.7. The maximum absolute atomic E-state index is 13.7. The molecule has 0 saturated carbocycles. The molecule has 0 aliphatic rings. The summed E-state index contributed by atoms with van der Waals surface area (Å²) in [5.41, 5.74) is 2.02. The third kappa shape index (κ3) is 3.30. The Hall–Kier alpha value is -1.46. The monoisotopic (exact) mass is 278 g/mol. The SMILES string of the molecule is Cc1cc(C)nc(Sc2cccc(F)c2C(C)O)n1. The largest absolute Gasteiger partial charge is 0.389 e. The molecule has 0 saturated heterocycles. The van der Waals surface area contributed by atoms with E-state index >= 15 is 0 Å². The van der Waals surface area contributed by atoms with Crippen molar-refractivity contribution in [2.75, 3.05) is 0 Å². The predicted octanol–water partition coefficient (Wildman–Crippen LogP) is 3.44. The molecule has 0 aliphatic carbocycles. The van der Waals surface area contributed by atoms with Crippen molar-refractivity contribution in [2.45, 2.75) is 36.9 Å². The topological polar surface area (TPSA) is 46.0 Å². The molecule has 0 amide bonds. The molecule has 0 spiro atoms. The predicted molar refractivity (Wildman–Crippen MR) is 72.7 cm³/mol. The van der Waals surface area contributed by atoms with Gasteiger partial charge in [-0.05, 0) is 50.7 Å². The molecule has 0 fully saturated rings. The van der Waals surface area contributed by atoms with Crippen LogP contribution in [0.1, 0.15) is 30.0 Å². The van der Waals surface area contributed by atoms with Crippen LogP contribution in [0.3, 0.4) is 0 Å². The van der Waals surface area contributed by atoms with Crippen LogP contribution in [0, 0.1) is 19.7 Å². The van der Waals surface area contributed by atoms with Crippen molar-refractivity contribution >= 4 is 11.8 Å². The lowest BCUT2D eigenvalue weighted by Crippen LogP contribution is -1.99. The van der Waals surface area contributed by atoms with Crippen molar-refractivity contribution in [3.63, 3.8) is 0 Å². The second-order valence-corrected chi connectivity index (χ2v) is 5.37. The lowest BCUT2D eigenvalue weighted by atomic mass is 10.1. The van der Waals surface area contributed by atoms with E-state index in [9.17, 15) is 9.50 Å². The van der Waals surface area contributed by atoms with Gasteiger partial charge in [-0.3, -0.25) is 0 Å². The van der Waals surface area contributed by atoms with E-state index in [1.807, 2.05) is 19.9 Å². The van der Waals surface area contributed by atoms with Crippen LogP contribution in [0.4, 0.5) is 4.39 Å². The van der Waals surface area contributed by atoms with Crippen LogP contribution >= 0.6 is 11.8 Å². The summed E-state index contributed by atoms with van der Waals surface area (Å²) in [4.78, 5) is 9.25. The summed E-state index contributed by atoms with van der Waals surface area (Å²) in [6.07, 6.45) is -0.866. The smallest absolute Gasteiger partial charge is 0.192 e. The number of aliphatic hydroxyl groups excluding tert-OH is 1. The Morgan fingerprint density at radius 1 is 1.21 bits per heavy atom. The number of rotatable bonds is 3. The molecule has 1 unspecified atom stereocenters. The number of aromatic nitrogens is 2. The molecule has 100 valence electrons. The Labute approximate surface area is 115 Å². The first-order chi connectivity index (χ1) is 8.97. The summed E-state index contributed by atoms with van der Waals surface area (Å²) >= 11 is 1.26. The molecule has 2 aromatic rings. The molecule has 1 atom stereocenters. The molecule has 0 bridgehead atoms. The average molecular weight is 278 g/mol. The van der Waals surface area contributed by atoms with Crippen molar-refractivity contribution in [3.05, 3.63) is 47.0 Å². The zero-order chi connectivity index (χ0) is 14.0. The summed E-state index contributed by atoms with van der Waals surface area (Å²) in [6.45, 7) is 5.32. The molecule has 5 heteroatoms. The van der Waals surface area contributed by atoms with E-state index in [0.29, 0.717) is 10.1 Å². The van der Waals surface area contributed by atoms with Gasteiger partial charge in [0.25, 0.3) is 0 Å².